The van der Waals surface area contributed by atoms with Crippen LogP contribution in [0, 0.1) is 0 Å². The molecule has 0 fully saturated rings. The van der Waals surface area contributed by atoms with Crippen molar-refractivity contribution in [3.8, 4) is 22.8 Å². The van der Waals surface area contributed by atoms with Gasteiger partial charge in [0.25, 0.3) is 0 Å². The van der Waals surface area contributed by atoms with Crippen molar-refractivity contribution in [1.29, 1.82) is 0 Å². The number of esters is 2. The first-order chi connectivity index (χ1) is 17.6. The van der Waals surface area contributed by atoms with Gasteiger partial charge in [0.05, 0.1) is 18.8 Å². The molecule has 0 atom stereocenters. The molecule has 0 spiro atoms. The van der Waals surface area contributed by atoms with Crippen LogP contribution in [0.25, 0.3) is 33.1 Å². The molecular formula is C30H24O6. The minimum Gasteiger partial charge on any atom is -0.494 e. The van der Waals surface area contributed by atoms with Gasteiger partial charge < -0.3 is 18.6 Å². The second-order valence-corrected chi connectivity index (χ2v) is 8.04. The van der Waals surface area contributed by atoms with Crippen LogP contribution in [0.15, 0.2) is 89.3 Å². The maximum Gasteiger partial charge on any atom is 0.343 e. The SMILES string of the molecule is CCOC(=O)c1c(-c2ccccc2)oc2c1cc(OC(=O)c1ccc(OCC)cc1)c1ccccc12. The molecule has 36 heavy (non-hydrogen) atoms. The number of carbonyl (C=O) groups excluding carboxylic acids is 2. The predicted octanol–water partition coefficient (Wildman–Crippen LogP) is 7.05. The second-order valence-electron chi connectivity index (χ2n) is 8.04. The van der Waals surface area contributed by atoms with Gasteiger partial charge in [-0.2, -0.15) is 0 Å². The molecular weight excluding hydrogens is 456 g/mol. The first-order valence-corrected chi connectivity index (χ1v) is 11.8. The monoisotopic (exact) mass is 480 g/mol. The van der Waals surface area contributed by atoms with Crippen LogP contribution in [0.2, 0.25) is 0 Å². The third-order valence-electron chi connectivity index (χ3n) is 5.78. The topological polar surface area (TPSA) is 75.0 Å². The van der Waals surface area contributed by atoms with Crippen molar-refractivity contribution >= 4 is 33.7 Å². The molecule has 4 aromatic carbocycles. The summed E-state index contributed by atoms with van der Waals surface area (Å²) < 4.78 is 23.0. The Bertz CT molecular complexity index is 1550. The smallest absolute Gasteiger partial charge is 0.343 e. The van der Waals surface area contributed by atoms with Crippen molar-refractivity contribution in [3.63, 3.8) is 0 Å². The number of ether oxygens (including phenoxy) is 3. The second kappa shape index (κ2) is 9.96. The van der Waals surface area contributed by atoms with Gasteiger partial charge in [-0.25, -0.2) is 9.59 Å². The number of benzene rings is 4. The Labute approximate surface area is 208 Å². The molecule has 0 unspecified atom stereocenters. The van der Waals surface area contributed by atoms with Crippen LogP contribution in [0.5, 0.6) is 11.5 Å². The maximum absolute atomic E-state index is 13.1. The third kappa shape index (κ3) is 4.29. The Morgan fingerprint density at radius 2 is 1.44 bits per heavy atom. The van der Waals surface area contributed by atoms with Gasteiger partial charge in [0.1, 0.15) is 28.4 Å². The van der Waals surface area contributed by atoms with Gasteiger partial charge in [-0.15, -0.1) is 0 Å². The number of carbonyl (C=O) groups is 2. The number of fused-ring (bicyclic) bond motifs is 3. The molecule has 0 aliphatic heterocycles. The number of hydrogen-bond acceptors (Lipinski definition) is 6. The molecule has 6 nitrogen and oxygen atoms in total. The van der Waals surface area contributed by atoms with Crippen molar-refractivity contribution in [2.45, 2.75) is 13.8 Å². The van der Waals surface area contributed by atoms with E-state index >= 15 is 0 Å². The highest BCUT2D eigenvalue weighted by Crippen LogP contribution is 2.41. The van der Waals surface area contributed by atoms with E-state index in [0.29, 0.717) is 51.3 Å². The van der Waals surface area contributed by atoms with E-state index in [1.165, 1.54) is 0 Å². The Balaban J connectivity index is 1.66. The van der Waals surface area contributed by atoms with E-state index in [1.807, 2.05) is 61.5 Å². The van der Waals surface area contributed by atoms with Crippen molar-refractivity contribution in [3.05, 3.63) is 96.1 Å². The normalized spacial score (nSPS) is 10.9. The highest BCUT2D eigenvalue weighted by molar-refractivity contribution is 6.17. The molecule has 0 bridgehead atoms. The van der Waals surface area contributed by atoms with Gasteiger partial charge >= 0.3 is 11.9 Å². The molecule has 6 heteroatoms. The lowest BCUT2D eigenvalue weighted by atomic mass is 10.0. The molecule has 1 aromatic heterocycles. The van der Waals surface area contributed by atoms with E-state index in [1.54, 1.807) is 37.3 Å². The molecule has 5 rings (SSSR count). The molecule has 0 saturated heterocycles. The van der Waals surface area contributed by atoms with Crippen LogP contribution in [-0.2, 0) is 4.74 Å². The van der Waals surface area contributed by atoms with Crippen molar-refractivity contribution in [2.75, 3.05) is 13.2 Å². The number of hydrogen-bond donors (Lipinski definition) is 0. The summed E-state index contributed by atoms with van der Waals surface area (Å²) in [5.74, 6) is 0.375. The van der Waals surface area contributed by atoms with Gasteiger partial charge in [-0.05, 0) is 44.2 Å². The number of rotatable bonds is 7. The molecule has 0 radical (unpaired) electrons. The van der Waals surface area contributed by atoms with E-state index < -0.39 is 11.9 Å². The summed E-state index contributed by atoms with van der Waals surface area (Å²) in [6.45, 7) is 4.40. The number of furan rings is 1. The Hall–Kier alpha value is -4.58. The van der Waals surface area contributed by atoms with Crippen LogP contribution in [0.4, 0.5) is 0 Å². The Morgan fingerprint density at radius 1 is 0.750 bits per heavy atom. The lowest BCUT2D eigenvalue weighted by molar-refractivity contribution is 0.0528. The van der Waals surface area contributed by atoms with Crippen LogP contribution in [-0.4, -0.2) is 25.2 Å². The van der Waals surface area contributed by atoms with Gasteiger partial charge in [0, 0.05) is 21.7 Å². The molecule has 180 valence electrons. The molecule has 0 aliphatic rings. The third-order valence-corrected chi connectivity index (χ3v) is 5.78. The fourth-order valence-corrected chi connectivity index (χ4v) is 4.18. The predicted molar refractivity (Wildman–Crippen MR) is 138 cm³/mol. The first kappa shape index (κ1) is 23.2. The van der Waals surface area contributed by atoms with Gasteiger partial charge in [0.2, 0.25) is 0 Å². The fourth-order valence-electron chi connectivity index (χ4n) is 4.18. The van der Waals surface area contributed by atoms with Crippen LogP contribution < -0.4 is 9.47 Å². The summed E-state index contributed by atoms with van der Waals surface area (Å²) in [4.78, 5) is 26.1. The van der Waals surface area contributed by atoms with Gasteiger partial charge in [-0.3, -0.25) is 0 Å². The molecule has 0 N–H and O–H groups in total. The van der Waals surface area contributed by atoms with E-state index in [4.69, 9.17) is 18.6 Å². The minimum atomic E-state index is -0.521. The van der Waals surface area contributed by atoms with E-state index in [2.05, 4.69) is 0 Å². The molecule has 0 aliphatic carbocycles. The fraction of sp³-hybridized carbons (Fsp3) is 0.133. The van der Waals surface area contributed by atoms with Crippen molar-refractivity contribution < 1.29 is 28.2 Å². The van der Waals surface area contributed by atoms with E-state index in [9.17, 15) is 9.59 Å². The average Bonchev–Trinajstić information content (AvgIpc) is 3.30. The van der Waals surface area contributed by atoms with Crippen LogP contribution >= 0.6 is 0 Å². The molecule has 0 saturated carbocycles. The summed E-state index contributed by atoms with van der Waals surface area (Å²) in [5.41, 5.74) is 1.94. The Kier molecular flexibility index (Phi) is 6.41. The summed E-state index contributed by atoms with van der Waals surface area (Å²) in [6.07, 6.45) is 0. The van der Waals surface area contributed by atoms with Crippen molar-refractivity contribution in [1.82, 2.24) is 0 Å². The largest absolute Gasteiger partial charge is 0.494 e. The zero-order valence-electron chi connectivity index (χ0n) is 19.9. The summed E-state index contributed by atoms with van der Waals surface area (Å²) in [5, 5.41) is 1.92. The van der Waals surface area contributed by atoms with Crippen LogP contribution in [0.1, 0.15) is 34.6 Å². The van der Waals surface area contributed by atoms with Gasteiger partial charge in [0.15, 0.2) is 0 Å². The summed E-state index contributed by atoms with van der Waals surface area (Å²) in [6, 6.07) is 25.3. The first-order valence-electron chi connectivity index (χ1n) is 11.8. The van der Waals surface area contributed by atoms with E-state index in [0.717, 1.165) is 10.9 Å². The minimum absolute atomic E-state index is 0.215. The zero-order valence-corrected chi connectivity index (χ0v) is 19.9. The van der Waals surface area contributed by atoms with Crippen LogP contribution in [0.3, 0.4) is 0 Å². The Morgan fingerprint density at radius 3 is 2.14 bits per heavy atom. The molecule has 5 aromatic rings. The maximum atomic E-state index is 13.1. The highest BCUT2D eigenvalue weighted by Gasteiger charge is 2.26. The quantitative estimate of drug-likeness (QED) is 0.184. The lowest BCUT2D eigenvalue weighted by Gasteiger charge is -2.10. The lowest BCUT2D eigenvalue weighted by Crippen LogP contribution is -2.09. The summed E-state index contributed by atoms with van der Waals surface area (Å²) in [7, 11) is 0. The summed E-state index contributed by atoms with van der Waals surface area (Å²) >= 11 is 0. The molecule has 0 amide bonds. The van der Waals surface area contributed by atoms with Gasteiger partial charge in [-0.1, -0.05) is 54.6 Å². The average molecular weight is 481 g/mol. The highest BCUT2D eigenvalue weighted by atomic mass is 16.5. The zero-order chi connectivity index (χ0) is 25.1. The standard InChI is InChI=1S/C30H24O6/c1-3-33-21-16-14-20(15-17-21)29(31)35-25-18-24-26(30(32)34-4-2)27(19-10-6-5-7-11-19)36-28(24)23-13-9-8-12-22(23)25/h5-18H,3-4H2,1-2H3. The molecule has 1 heterocycles. The van der Waals surface area contributed by atoms with Crippen molar-refractivity contribution in [2.24, 2.45) is 0 Å². The van der Waals surface area contributed by atoms with E-state index in [-0.39, 0.29) is 6.61 Å².